The first-order chi connectivity index (χ1) is 10.5. The second kappa shape index (κ2) is 7.59. The lowest BCUT2D eigenvalue weighted by molar-refractivity contribution is 0.585. The van der Waals surface area contributed by atoms with Gasteiger partial charge in [0, 0.05) is 42.9 Å². The zero-order chi connectivity index (χ0) is 16.2. The Hall–Kier alpha value is -0.890. The second-order valence-electron chi connectivity index (χ2n) is 4.91. The molecular weight excluding hydrogens is 336 g/mol. The van der Waals surface area contributed by atoms with E-state index < -0.39 is 10.0 Å². The highest BCUT2D eigenvalue weighted by molar-refractivity contribution is 8.76. The van der Waals surface area contributed by atoms with Crippen LogP contribution < -0.4 is 9.62 Å². The van der Waals surface area contributed by atoms with E-state index in [1.165, 1.54) is 0 Å². The first-order valence-electron chi connectivity index (χ1n) is 6.81. The highest BCUT2D eigenvalue weighted by Crippen LogP contribution is 2.30. The molecule has 0 aromatic heterocycles. The Morgan fingerprint density at radius 2 is 1.77 bits per heavy atom. The van der Waals surface area contributed by atoms with Gasteiger partial charge in [0.15, 0.2) is 0 Å². The van der Waals surface area contributed by atoms with Crippen LogP contribution in [0.1, 0.15) is 0 Å². The number of rotatable bonds is 7. The number of nitrogens with zero attached hydrogens (tertiary/aromatic N) is 1. The summed E-state index contributed by atoms with van der Waals surface area (Å²) in [6.45, 7) is 0.428. The summed E-state index contributed by atoms with van der Waals surface area (Å²) in [5.41, 5.74) is 1.01. The average Bonchev–Trinajstić information content (AvgIpc) is 2.50. The highest BCUT2D eigenvalue weighted by Gasteiger charge is 2.17. The summed E-state index contributed by atoms with van der Waals surface area (Å²) in [6, 6.07) is 11.1. The standard InChI is InChI=1S/C15H20N2O2S3/c1-17(2)14-8-4-7-13-12(14)6-5-9-15(13)22(18,19)16-10-11-21-20-3/h4-9,16H,10-11H2,1-3H3. The summed E-state index contributed by atoms with van der Waals surface area (Å²) in [4.78, 5) is 2.32. The molecule has 1 N–H and O–H groups in total. The van der Waals surface area contributed by atoms with E-state index in [0.717, 1.165) is 22.2 Å². The number of fused-ring (bicyclic) bond motifs is 1. The summed E-state index contributed by atoms with van der Waals surface area (Å²) in [7, 11) is 3.67. The molecule has 0 heterocycles. The molecule has 0 amide bonds. The Kier molecular flexibility index (Phi) is 6.02. The molecule has 4 nitrogen and oxygen atoms in total. The molecule has 0 spiro atoms. The molecule has 0 fully saturated rings. The first kappa shape index (κ1) is 17.5. The van der Waals surface area contributed by atoms with E-state index in [1.807, 2.05) is 49.5 Å². The number of hydrogen-bond acceptors (Lipinski definition) is 5. The van der Waals surface area contributed by atoms with Crippen LogP contribution in [-0.2, 0) is 10.0 Å². The predicted molar refractivity (Wildman–Crippen MR) is 99.4 cm³/mol. The lowest BCUT2D eigenvalue weighted by Gasteiger charge is -2.17. The molecule has 2 rings (SSSR count). The van der Waals surface area contributed by atoms with Crippen molar-refractivity contribution in [2.24, 2.45) is 0 Å². The van der Waals surface area contributed by atoms with Gasteiger partial charge in [0.25, 0.3) is 0 Å². The van der Waals surface area contributed by atoms with Crippen molar-refractivity contribution in [3.8, 4) is 0 Å². The first-order valence-corrected chi connectivity index (χ1v) is 11.0. The maximum absolute atomic E-state index is 12.5. The highest BCUT2D eigenvalue weighted by atomic mass is 33.1. The van der Waals surface area contributed by atoms with Crippen LogP contribution in [0.3, 0.4) is 0 Å². The van der Waals surface area contributed by atoms with Crippen molar-refractivity contribution in [2.75, 3.05) is 37.5 Å². The average molecular weight is 357 g/mol. The van der Waals surface area contributed by atoms with Gasteiger partial charge in [0.2, 0.25) is 10.0 Å². The zero-order valence-electron chi connectivity index (χ0n) is 12.9. The van der Waals surface area contributed by atoms with Crippen molar-refractivity contribution < 1.29 is 8.42 Å². The molecule has 0 unspecified atom stereocenters. The Labute approximate surface area is 140 Å². The van der Waals surface area contributed by atoms with Crippen LogP contribution in [0.25, 0.3) is 10.8 Å². The normalized spacial score (nSPS) is 11.8. The Morgan fingerprint density at radius 1 is 1.09 bits per heavy atom. The van der Waals surface area contributed by atoms with Crippen LogP contribution >= 0.6 is 21.6 Å². The lowest BCUT2D eigenvalue weighted by Crippen LogP contribution is -2.26. The smallest absolute Gasteiger partial charge is 0.241 e. The van der Waals surface area contributed by atoms with E-state index >= 15 is 0 Å². The van der Waals surface area contributed by atoms with Crippen LogP contribution in [0.15, 0.2) is 41.3 Å². The fourth-order valence-corrected chi connectivity index (χ4v) is 4.75. The van der Waals surface area contributed by atoms with Crippen LogP contribution in [0, 0.1) is 0 Å². The van der Waals surface area contributed by atoms with Crippen LogP contribution in [-0.4, -0.2) is 41.1 Å². The third-order valence-corrected chi connectivity index (χ3v) is 6.56. The summed E-state index contributed by atoms with van der Waals surface area (Å²) in [5, 5.41) is 1.69. The van der Waals surface area contributed by atoms with Gasteiger partial charge in [-0.3, -0.25) is 0 Å². The van der Waals surface area contributed by atoms with Gasteiger partial charge in [-0.15, -0.1) is 0 Å². The van der Waals surface area contributed by atoms with E-state index in [4.69, 9.17) is 0 Å². The van der Waals surface area contributed by atoms with Crippen molar-refractivity contribution in [3.05, 3.63) is 36.4 Å². The van der Waals surface area contributed by atoms with E-state index in [2.05, 4.69) is 4.72 Å². The third kappa shape index (κ3) is 3.90. The molecule has 2 aromatic carbocycles. The zero-order valence-corrected chi connectivity index (χ0v) is 15.3. The third-order valence-electron chi connectivity index (χ3n) is 3.23. The molecule has 0 saturated heterocycles. The molecule has 120 valence electrons. The monoisotopic (exact) mass is 356 g/mol. The molecule has 22 heavy (non-hydrogen) atoms. The summed E-state index contributed by atoms with van der Waals surface area (Å²) in [6.07, 6.45) is 1.98. The quantitative estimate of drug-likeness (QED) is 0.610. The second-order valence-corrected chi connectivity index (χ2v) is 9.33. The van der Waals surface area contributed by atoms with Crippen molar-refractivity contribution in [1.82, 2.24) is 4.72 Å². The molecule has 0 bridgehead atoms. The van der Waals surface area contributed by atoms with Gasteiger partial charge in [0.1, 0.15) is 0 Å². The number of anilines is 1. The van der Waals surface area contributed by atoms with Gasteiger partial charge < -0.3 is 4.90 Å². The number of benzene rings is 2. The summed E-state index contributed by atoms with van der Waals surface area (Å²) < 4.78 is 27.8. The predicted octanol–water partition coefficient (Wildman–Crippen LogP) is 3.20. The van der Waals surface area contributed by atoms with Gasteiger partial charge in [-0.25, -0.2) is 13.1 Å². The largest absolute Gasteiger partial charge is 0.377 e. The minimum atomic E-state index is -3.50. The number of sulfonamides is 1. The minimum absolute atomic E-state index is 0.336. The van der Waals surface area contributed by atoms with Crippen molar-refractivity contribution in [3.63, 3.8) is 0 Å². The van der Waals surface area contributed by atoms with Gasteiger partial charge in [-0.2, -0.15) is 0 Å². The number of nitrogens with one attached hydrogen (secondary N) is 1. The lowest BCUT2D eigenvalue weighted by atomic mass is 10.1. The molecule has 2 aromatic rings. The van der Waals surface area contributed by atoms with Crippen molar-refractivity contribution in [2.45, 2.75) is 4.90 Å². The molecule has 0 aliphatic rings. The fourth-order valence-electron chi connectivity index (χ4n) is 2.27. The SMILES string of the molecule is CSSCCNS(=O)(=O)c1cccc2c(N(C)C)cccc12. The topological polar surface area (TPSA) is 49.4 Å². The Morgan fingerprint density at radius 3 is 2.45 bits per heavy atom. The van der Waals surface area contributed by atoms with Crippen molar-refractivity contribution >= 4 is 48.1 Å². The van der Waals surface area contributed by atoms with Crippen LogP contribution in [0.2, 0.25) is 0 Å². The summed E-state index contributed by atoms with van der Waals surface area (Å²) in [5.74, 6) is 0.744. The molecule has 0 aliphatic heterocycles. The van der Waals surface area contributed by atoms with E-state index in [0.29, 0.717) is 11.4 Å². The minimum Gasteiger partial charge on any atom is -0.377 e. The van der Waals surface area contributed by atoms with Gasteiger partial charge in [-0.05, 0) is 18.4 Å². The molecule has 0 saturated carbocycles. The van der Waals surface area contributed by atoms with Crippen molar-refractivity contribution in [1.29, 1.82) is 0 Å². The van der Waals surface area contributed by atoms with Gasteiger partial charge in [0.05, 0.1) is 4.90 Å². The maximum atomic E-state index is 12.5. The maximum Gasteiger partial charge on any atom is 0.241 e. The van der Waals surface area contributed by atoms with Crippen LogP contribution in [0.4, 0.5) is 5.69 Å². The van der Waals surface area contributed by atoms with E-state index in [9.17, 15) is 8.42 Å². The molecular formula is C15H20N2O2S3. The van der Waals surface area contributed by atoms with Gasteiger partial charge >= 0.3 is 0 Å². The van der Waals surface area contributed by atoms with E-state index in [-0.39, 0.29) is 0 Å². The summed E-state index contributed by atoms with van der Waals surface area (Å²) >= 11 is 0. The Bertz CT molecular complexity index is 746. The Balaban J connectivity index is 2.41. The molecule has 0 atom stereocenters. The van der Waals surface area contributed by atoms with Gasteiger partial charge in [-0.1, -0.05) is 45.9 Å². The molecule has 0 aliphatic carbocycles. The van der Waals surface area contributed by atoms with E-state index in [1.54, 1.807) is 33.7 Å². The fraction of sp³-hybridized carbons (Fsp3) is 0.333. The van der Waals surface area contributed by atoms with Crippen LogP contribution in [0.5, 0.6) is 0 Å². The molecule has 7 heteroatoms. The molecule has 0 radical (unpaired) electrons. The number of hydrogen-bond donors (Lipinski definition) is 1.